The zero-order chi connectivity index (χ0) is 16.6. The van der Waals surface area contributed by atoms with Crippen LogP contribution < -0.4 is 10.1 Å². The maximum Gasteiger partial charge on any atom is 0.291 e. The molecule has 0 saturated carbocycles. The minimum Gasteiger partial charge on any atom is -0.495 e. The Balaban J connectivity index is 1.91. The first kappa shape index (κ1) is 15.4. The van der Waals surface area contributed by atoms with E-state index in [2.05, 4.69) is 5.32 Å². The molecule has 4 nitrogen and oxygen atoms in total. The van der Waals surface area contributed by atoms with Gasteiger partial charge in [0.2, 0.25) is 0 Å². The van der Waals surface area contributed by atoms with Crippen molar-refractivity contribution in [2.75, 3.05) is 12.4 Å². The summed E-state index contributed by atoms with van der Waals surface area (Å²) >= 11 is 6.07. The van der Waals surface area contributed by atoms with Crippen molar-refractivity contribution in [2.24, 2.45) is 0 Å². The van der Waals surface area contributed by atoms with E-state index in [9.17, 15) is 4.79 Å². The summed E-state index contributed by atoms with van der Waals surface area (Å²) in [6.45, 7) is 3.88. The zero-order valence-electron chi connectivity index (χ0n) is 13.1. The molecule has 0 bridgehead atoms. The number of carbonyl (C=O) groups excluding carboxylic acids is 1. The van der Waals surface area contributed by atoms with Crippen LogP contribution in [0.15, 0.2) is 40.8 Å². The van der Waals surface area contributed by atoms with Crippen molar-refractivity contribution in [3.8, 4) is 5.75 Å². The topological polar surface area (TPSA) is 51.5 Å². The van der Waals surface area contributed by atoms with E-state index in [1.165, 1.54) is 0 Å². The molecule has 5 heteroatoms. The van der Waals surface area contributed by atoms with Crippen molar-refractivity contribution in [1.82, 2.24) is 0 Å². The van der Waals surface area contributed by atoms with Crippen LogP contribution in [0.3, 0.4) is 0 Å². The maximum absolute atomic E-state index is 12.5. The number of anilines is 1. The molecule has 1 amide bonds. The highest BCUT2D eigenvalue weighted by Gasteiger charge is 2.18. The van der Waals surface area contributed by atoms with Gasteiger partial charge >= 0.3 is 0 Å². The molecule has 0 saturated heterocycles. The first-order chi connectivity index (χ1) is 11.0. The van der Waals surface area contributed by atoms with Crippen molar-refractivity contribution in [1.29, 1.82) is 0 Å². The van der Waals surface area contributed by atoms with Gasteiger partial charge in [-0.15, -0.1) is 0 Å². The predicted octanol–water partition coefficient (Wildman–Crippen LogP) is 4.96. The summed E-state index contributed by atoms with van der Waals surface area (Å²) in [5, 5.41) is 4.17. The minimum absolute atomic E-state index is 0.303. The lowest BCUT2D eigenvalue weighted by Gasteiger charge is -2.07. The number of hydrogen-bond acceptors (Lipinski definition) is 3. The number of ether oxygens (including phenoxy) is 1. The number of halogens is 1. The van der Waals surface area contributed by atoms with Crippen LogP contribution in [0, 0.1) is 13.8 Å². The van der Waals surface area contributed by atoms with E-state index in [1.807, 2.05) is 32.0 Å². The van der Waals surface area contributed by atoms with E-state index < -0.39 is 0 Å². The number of amides is 1. The molecule has 0 aliphatic rings. The Morgan fingerprint density at radius 1 is 1.17 bits per heavy atom. The summed E-state index contributed by atoms with van der Waals surface area (Å²) < 4.78 is 10.8. The average molecular weight is 330 g/mol. The van der Waals surface area contributed by atoms with Gasteiger partial charge in [-0.1, -0.05) is 23.2 Å². The fourth-order valence-electron chi connectivity index (χ4n) is 2.48. The van der Waals surface area contributed by atoms with E-state index in [0.717, 1.165) is 16.5 Å². The summed E-state index contributed by atoms with van der Waals surface area (Å²) in [7, 11) is 1.54. The van der Waals surface area contributed by atoms with Crippen molar-refractivity contribution in [3.63, 3.8) is 0 Å². The van der Waals surface area contributed by atoms with Gasteiger partial charge in [0.25, 0.3) is 5.91 Å². The first-order valence-corrected chi connectivity index (χ1v) is 7.52. The highest BCUT2D eigenvalue weighted by Crippen LogP contribution is 2.29. The fourth-order valence-corrected chi connectivity index (χ4v) is 2.74. The molecule has 0 radical (unpaired) electrons. The van der Waals surface area contributed by atoms with E-state index in [0.29, 0.717) is 27.8 Å². The first-order valence-electron chi connectivity index (χ1n) is 7.14. The molecule has 0 fully saturated rings. The molecule has 0 atom stereocenters. The molecule has 1 aromatic heterocycles. The summed E-state index contributed by atoms with van der Waals surface area (Å²) in [5.74, 6) is 0.551. The second-order valence-electron chi connectivity index (χ2n) is 5.36. The van der Waals surface area contributed by atoms with Gasteiger partial charge in [-0.05, 0) is 44.2 Å². The molecular formula is C18H16ClNO3. The van der Waals surface area contributed by atoms with Crippen LogP contribution in [0.25, 0.3) is 11.0 Å². The SMILES string of the molecule is COc1ccc(NC(=O)c2oc3ccc(C)cc3c2C)cc1Cl. The van der Waals surface area contributed by atoms with Crippen LogP contribution in [-0.2, 0) is 0 Å². The third-order valence-electron chi connectivity index (χ3n) is 3.71. The van der Waals surface area contributed by atoms with Crippen molar-refractivity contribution in [3.05, 3.63) is 58.3 Å². The Morgan fingerprint density at radius 3 is 2.65 bits per heavy atom. The highest BCUT2D eigenvalue weighted by molar-refractivity contribution is 6.32. The molecule has 0 spiro atoms. The van der Waals surface area contributed by atoms with Crippen LogP contribution >= 0.6 is 11.6 Å². The number of furan rings is 1. The normalized spacial score (nSPS) is 10.8. The van der Waals surface area contributed by atoms with Gasteiger partial charge in [-0.3, -0.25) is 4.79 Å². The second kappa shape index (κ2) is 5.97. The Morgan fingerprint density at radius 2 is 1.96 bits per heavy atom. The standard InChI is InChI=1S/C18H16ClNO3/c1-10-4-6-15-13(8-10)11(2)17(23-15)18(21)20-12-5-7-16(22-3)14(19)9-12/h4-9H,1-3H3,(H,20,21). The maximum atomic E-state index is 12.5. The number of aryl methyl sites for hydroxylation is 2. The third kappa shape index (κ3) is 2.90. The molecule has 118 valence electrons. The molecular weight excluding hydrogens is 314 g/mol. The Bertz CT molecular complexity index is 899. The van der Waals surface area contributed by atoms with Crippen molar-refractivity contribution in [2.45, 2.75) is 13.8 Å². The Labute approximate surface area is 139 Å². The molecule has 2 aromatic carbocycles. The van der Waals surface area contributed by atoms with E-state index >= 15 is 0 Å². The molecule has 3 rings (SSSR count). The number of benzene rings is 2. The lowest BCUT2D eigenvalue weighted by molar-refractivity contribution is 0.0998. The van der Waals surface area contributed by atoms with Gasteiger partial charge in [0.1, 0.15) is 11.3 Å². The van der Waals surface area contributed by atoms with Crippen LogP contribution in [0.5, 0.6) is 5.75 Å². The average Bonchev–Trinajstić information content (AvgIpc) is 2.84. The summed E-state index contributed by atoms with van der Waals surface area (Å²) in [6, 6.07) is 10.9. The van der Waals surface area contributed by atoms with Crippen LogP contribution in [0.2, 0.25) is 5.02 Å². The lowest BCUT2D eigenvalue weighted by atomic mass is 10.1. The smallest absolute Gasteiger partial charge is 0.291 e. The Kier molecular flexibility index (Phi) is 4.01. The van der Waals surface area contributed by atoms with Gasteiger partial charge in [-0.2, -0.15) is 0 Å². The molecule has 0 aliphatic heterocycles. The summed E-state index contributed by atoms with van der Waals surface area (Å²) in [4.78, 5) is 12.5. The van der Waals surface area contributed by atoms with Gasteiger partial charge < -0.3 is 14.5 Å². The van der Waals surface area contributed by atoms with E-state index in [1.54, 1.807) is 25.3 Å². The van der Waals surface area contributed by atoms with Gasteiger partial charge in [0.05, 0.1) is 12.1 Å². The largest absolute Gasteiger partial charge is 0.495 e. The number of hydrogen-bond donors (Lipinski definition) is 1. The predicted molar refractivity (Wildman–Crippen MR) is 91.6 cm³/mol. The Hall–Kier alpha value is -2.46. The van der Waals surface area contributed by atoms with Crippen LogP contribution in [0.4, 0.5) is 5.69 Å². The van der Waals surface area contributed by atoms with Gasteiger partial charge in [0.15, 0.2) is 5.76 Å². The van der Waals surface area contributed by atoms with Crippen LogP contribution in [0.1, 0.15) is 21.7 Å². The summed E-state index contributed by atoms with van der Waals surface area (Å²) in [6.07, 6.45) is 0. The van der Waals surface area contributed by atoms with Gasteiger partial charge in [0, 0.05) is 16.6 Å². The lowest BCUT2D eigenvalue weighted by Crippen LogP contribution is -2.12. The highest BCUT2D eigenvalue weighted by atomic mass is 35.5. The van der Waals surface area contributed by atoms with Crippen LogP contribution in [-0.4, -0.2) is 13.0 Å². The zero-order valence-corrected chi connectivity index (χ0v) is 13.8. The second-order valence-corrected chi connectivity index (χ2v) is 5.77. The number of fused-ring (bicyclic) bond motifs is 1. The fraction of sp³-hybridized carbons (Fsp3) is 0.167. The van der Waals surface area contributed by atoms with Crippen molar-refractivity contribution < 1.29 is 13.9 Å². The molecule has 3 aromatic rings. The molecule has 23 heavy (non-hydrogen) atoms. The van der Waals surface area contributed by atoms with E-state index in [-0.39, 0.29) is 5.91 Å². The number of nitrogens with one attached hydrogen (secondary N) is 1. The quantitative estimate of drug-likeness (QED) is 0.738. The van der Waals surface area contributed by atoms with Crippen molar-refractivity contribution >= 4 is 34.2 Å². The summed E-state index contributed by atoms with van der Waals surface area (Å²) in [5.41, 5.74) is 3.22. The molecule has 1 N–H and O–H groups in total. The van der Waals surface area contributed by atoms with Gasteiger partial charge in [-0.25, -0.2) is 0 Å². The third-order valence-corrected chi connectivity index (χ3v) is 4.00. The molecule has 0 aliphatic carbocycles. The monoisotopic (exact) mass is 329 g/mol. The number of carbonyl (C=O) groups is 1. The number of methoxy groups -OCH3 is 1. The minimum atomic E-state index is -0.308. The van der Waals surface area contributed by atoms with E-state index in [4.69, 9.17) is 20.8 Å². The number of rotatable bonds is 3. The molecule has 0 unspecified atom stereocenters. The molecule has 1 heterocycles.